The van der Waals surface area contributed by atoms with Crippen molar-refractivity contribution in [3.05, 3.63) is 11.7 Å². The van der Waals surface area contributed by atoms with Crippen LogP contribution < -0.4 is 5.32 Å². The Labute approximate surface area is 126 Å². The first-order valence-corrected chi connectivity index (χ1v) is 7.42. The maximum absolute atomic E-state index is 11.6. The molecule has 2 N–H and O–H groups in total. The van der Waals surface area contributed by atoms with Crippen LogP contribution in [0.3, 0.4) is 0 Å². The van der Waals surface area contributed by atoms with Crippen LogP contribution in [0.1, 0.15) is 32.5 Å². The monoisotopic (exact) mass is 317 g/mol. The minimum Gasteiger partial charge on any atom is -0.480 e. The molecule has 0 aromatic carbocycles. The fraction of sp³-hybridized carbons (Fsp3) is 0.667. The smallest absolute Gasteiger partial charge is 0.408 e. The van der Waals surface area contributed by atoms with Crippen molar-refractivity contribution in [2.24, 2.45) is 0 Å². The largest absolute Gasteiger partial charge is 0.480 e. The molecule has 0 aliphatic carbocycles. The van der Waals surface area contributed by atoms with E-state index in [1.165, 1.54) is 11.8 Å². The van der Waals surface area contributed by atoms with E-state index in [-0.39, 0.29) is 5.75 Å². The van der Waals surface area contributed by atoms with Crippen molar-refractivity contribution >= 4 is 23.8 Å². The number of aryl methyl sites for hydroxylation is 1. The molecule has 1 aromatic rings. The fourth-order valence-corrected chi connectivity index (χ4v) is 2.17. The number of hydrogen-bond acceptors (Lipinski definition) is 7. The highest BCUT2D eigenvalue weighted by Crippen LogP contribution is 2.12. The summed E-state index contributed by atoms with van der Waals surface area (Å²) in [4.78, 5) is 26.7. The van der Waals surface area contributed by atoms with E-state index in [0.717, 1.165) is 0 Å². The molecule has 1 unspecified atom stereocenters. The third-order valence-corrected chi connectivity index (χ3v) is 3.11. The fourth-order valence-electron chi connectivity index (χ4n) is 1.29. The first-order chi connectivity index (χ1) is 9.67. The molecule has 1 heterocycles. The zero-order valence-electron chi connectivity index (χ0n) is 12.4. The number of nitrogens with one attached hydrogen (secondary N) is 1. The van der Waals surface area contributed by atoms with Gasteiger partial charge in [0.15, 0.2) is 5.82 Å². The van der Waals surface area contributed by atoms with Crippen LogP contribution in [0.5, 0.6) is 0 Å². The Balaban J connectivity index is 2.43. The highest BCUT2D eigenvalue weighted by Gasteiger charge is 2.24. The Bertz CT molecular complexity index is 497. The van der Waals surface area contributed by atoms with Gasteiger partial charge in [-0.15, -0.1) is 0 Å². The van der Waals surface area contributed by atoms with Crippen molar-refractivity contribution in [3.8, 4) is 0 Å². The summed E-state index contributed by atoms with van der Waals surface area (Å²) in [5.74, 6) is 0.378. The predicted molar refractivity (Wildman–Crippen MR) is 76.0 cm³/mol. The lowest BCUT2D eigenvalue weighted by Gasteiger charge is -2.21. The van der Waals surface area contributed by atoms with Crippen molar-refractivity contribution in [1.29, 1.82) is 0 Å². The molecule has 1 amide bonds. The Hall–Kier alpha value is -1.77. The normalized spacial score (nSPS) is 12.8. The SMILES string of the molecule is Cc1nc(CSCC(NC(=O)OC(C)(C)C)C(=O)O)no1. The summed E-state index contributed by atoms with van der Waals surface area (Å²) in [6.07, 6.45) is -0.758. The van der Waals surface area contributed by atoms with Gasteiger partial charge in [-0.05, 0) is 20.8 Å². The summed E-state index contributed by atoms with van der Waals surface area (Å²) in [6, 6.07) is -1.04. The van der Waals surface area contributed by atoms with Crippen LogP contribution in [-0.2, 0) is 15.3 Å². The highest BCUT2D eigenvalue weighted by molar-refractivity contribution is 7.98. The number of alkyl carbamates (subject to hydrolysis) is 1. The predicted octanol–water partition coefficient (Wildman–Crippen LogP) is 1.59. The van der Waals surface area contributed by atoms with E-state index in [0.29, 0.717) is 17.5 Å². The van der Waals surface area contributed by atoms with Crippen LogP contribution in [0, 0.1) is 6.92 Å². The Morgan fingerprint density at radius 2 is 2.14 bits per heavy atom. The Morgan fingerprint density at radius 3 is 2.62 bits per heavy atom. The molecular formula is C12H19N3O5S. The van der Waals surface area contributed by atoms with E-state index in [1.54, 1.807) is 27.7 Å². The first-order valence-electron chi connectivity index (χ1n) is 6.26. The Kier molecular flexibility index (Phi) is 6.01. The van der Waals surface area contributed by atoms with Gasteiger partial charge in [0, 0.05) is 12.7 Å². The number of hydrogen-bond donors (Lipinski definition) is 2. The van der Waals surface area contributed by atoms with Gasteiger partial charge in [-0.1, -0.05) is 5.16 Å². The molecule has 0 saturated carbocycles. The highest BCUT2D eigenvalue weighted by atomic mass is 32.2. The maximum Gasteiger partial charge on any atom is 0.408 e. The average Bonchev–Trinajstić information content (AvgIpc) is 2.71. The third kappa shape index (κ3) is 6.98. The number of aromatic nitrogens is 2. The van der Waals surface area contributed by atoms with E-state index in [2.05, 4.69) is 15.5 Å². The molecule has 0 bridgehead atoms. The number of thioether (sulfide) groups is 1. The topological polar surface area (TPSA) is 115 Å². The third-order valence-electron chi connectivity index (χ3n) is 2.07. The van der Waals surface area contributed by atoms with Crippen LogP contribution in [-0.4, -0.2) is 44.7 Å². The van der Waals surface area contributed by atoms with Gasteiger partial charge in [0.1, 0.15) is 11.6 Å². The van der Waals surface area contributed by atoms with Crippen molar-refractivity contribution in [3.63, 3.8) is 0 Å². The van der Waals surface area contributed by atoms with E-state index in [9.17, 15) is 9.59 Å². The molecule has 0 radical (unpaired) electrons. The molecule has 0 aliphatic heterocycles. The van der Waals surface area contributed by atoms with Gasteiger partial charge in [0.25, 0.3) is 0 Å². The van der Waals surface area contributed by atoms with E-state index in [1.807, 2.05) is 0 Å². The zero-order chi connectivity index (χ0) is 16.0. The van der Waals surface area contributed by atoms with Crippen LogP contribution in [0.2, 0.25) is 0 Å². The number of ether oxygens (including phenoxy) is 1. The van der Waals surface area contributed by atoms with Gasteiger partial charge in [-0.3, -0.25) is 0 Å². The van der Waals surface area contributed by atoms with Gasteiger partial charge in [0.05, 0.1) is 5.75 Å². The molecule has 0 aliphatic rings. The molecule has 1 rings (SSSR count). The maximum atomic E-state index is 11.6. The van der Waals surface area contributed by atoms with Crippen molar-refractivity contribution in [1.82, 2.24) is 15.5 Å². The zero-order valence-corrected chi connectivity index (χ0v) is 13.2. The average molecular weight is 317 g/mol. The summed E-state index contributed by atoms with van der Waals surface area (Å²) in [5.41, 5.74) is -0.678. The molecule has 0 saturated heterocycles. The lowest BCUT2D eigenvalue weighted by molar-refractivity contribution is -0.138. The molecule has 118 valence electrons. The summed E-state index contributed by atoms with van der Waals surface area (Å²) in [6.45, 7) is 6.78. The summed E-state index contributed by atoms with van der Waals surface area (Å²) in [5, 5.41) is 15.1. The molecule has 21 heavy (non-hydrogen) atoms. The van der Waals surface area contributed by atoms with Crippen LogP contribution in [0.15, 0.2) is 4.52 Å². The van der Waals surface area contributed by atoms with Crippen molar-refractivity contribution < 1.29 is 24.0 Å². The number of carbonyl (C=O) groups is 2. The summed E-state index contributed by atoms with van der Waals surface area (Å²) in [7, 11) is 0. The summed E-state index contributed by atoms with van der Waals surface area (Å²) >= 11 is 1.28. The van der Waals surface area contributed by atoms with Crippen LogP contribution in [0.4, 0.5) is 4.79 Å². The number of rotatable bonds is 6. The minimum atomic E-state index is -1.13. The summed E-state index contributed by atoms with van der Waals surface area (Å²) < 4.78 is 9.83. The second-order valence-corrected chi connectivity index (χ2v) is 6.31. The number of carboxylic acids is 1. The van der Waals surface area contributed by atoms with E-state index in [4.69, 9.17) is 14.4 Å². The molecule has 1 atom stereocenters. The van der Waals surface area contributed by atoms with Crippen LogP contribution in [0.25, 0.3) is 0 Å². The lowest BCUT2D eigenvalue weighted by Crippen LogP contribution is -2.44. The molecule has 0 fully saturated rings. The first kappa shape index (κ1) is 17.3. The second-order valence-electron chi connectivity index (χ2n) is 5.28. The quantitative estimate of drug-likeness (QED) is 0.813. The number of carbonyl (C=O) groups excluding carboxylic acids is 1. The van der Waals surface area contributed by atoms with E-state index < -0.39 is 23.7 Å². The molecule has 0 spiro atoms. The molecule has 8 nitrogen and oxygen atoms in total. The van der Waals surface area contributed by atoms with Gasteiger partial charge >= 0.3 is 12.1 Å². The number of amides is 1. The lowest BCUT2D eigenvalue weighted by atomic mass is 10.2. The molecular weight excluding hydrogens is 298 g/mol. The van der Waals surface area contributed by atoms with E-state index >= 15 is 0 Å². The molecule has 9 heteroatoms. The van der Waals surface area contributed by atoms with Gasteiger partial charge in [-0.25, -0.2) is 9.59 Å². The Morgan fingerprint density at radius 1 is 1.48 bits per heavy atom. The standard InChI is InChI=1S/C12H19N3O5S/c1-7-13-9(15-20-7)6-21-5-8(10(16)17)14-11(18)19-12(2,3)4/h8H,5-6H2,1-4H3,(H,14,18)(H,16,17). The number of carboxylic acid groups (broad SMARTS) is 1. The van der Waals surface area contributed by atoms with Crippen molar-refractivity contribution in [2.45, 2.75) is 45.1 Å². The van der Waals surface area contributed by atoms with Gasteiger partial charge < -0.3 is 19.7 Å². The number of nitrogens with zero attached hydrogens (tertiary/aromatic N) is 2. The second kappa shape index (κ2) is 7.30. The van der Waals surface area contributed by atoms with Gasteiger partial charge in [0.2, 0.25) is 5.89 Å². The number of aliphatic carboxylic acids is 1. The van der Waals surface area contributed by atoms with Crippen LogP contribution >= 0.6 is 11.8 Å². The molecule has 1 aromatic heterocycles. The van der Waals surface area contributed by atoms with Gasteiger partial charge in [-0.2, -0.15) is 16.7 Å². The minimum absolute atomic E-state index is 0.169. The van der Waals surface area contributed by atoms with Crippen molar-refractivity contribution in [2.75, 3.05) is 5.75 Å².